The molecule has 0 spiro atoms. The predicted molar refractivity (Wildman–Crippen MR) is 73.5 cm³/mol. The highest BCUT2D eigenvalue weighted by Crippen LogP contribution is 2.33. The summed E-state index contributed by atoms with van der Waals surface area (Å²) in [5.41, 5.74) is 2.06. The van der Waals surface area contributed by atoms with Crippen LogP contribution in [0.15, 0.2) is 18.2 Å². The van der Waals surface area contributed by atoms with E-state index in [-0.39, 0.29) is 11.9 Å². The monoisotopic (exact) mass is 262 g/mol. The number of hydrogen-bond donors (Lipinski definition) is 1. The number of amides is 1. The second-order valence-corrected chi connectivity index (χ2v) is 4.41. The Labute approximate surface area is 112 Å². The SMILES string of the molecule is CCC1Nc2ccc(C(=O)OC)cc2N(CC)C1=O. The lowest BCUT2D eigenvalue weighted by Crippen LogP contribution is -2.46. The largest absolute Gasteiger partial charge is 0.465 e. The summed E-state index contributed by atoms with van der Waals surface area (Å²) in [6, 6.07) is 5.02. The topological polar surface area (TPSA) is 58.6 Å². The molecule has 1 aliphatic rings. The lowest BCUT2D eigenvalue weighted by Gasteiger charge is -2.34. The van der Waals surface area contributed by atoms with E-state index in [9.17, 15) is 9.59 Å². The normalized spacial score (nSPS) is 17.7. The van der Waals surface area contributed by atoms with Gasteiger partial charge in [0.05, 0.1) is 24.0 Å². The molecule has 0 fully saturated rings. The predicted octanol–water partition coefficient (Wildman–Crippen LogP) is 2.03. The quantitative estimate of drug-likeness (QED) is 0.847. The maximum Gasteiger partial charge on any atom is 0.337 e. The minimum atomic E-state index is -0.399. The number of carbonyl (C=O) groups is 2. The Balaban J connectivity index is 2.45. The molecule has 5 nitrogen and oxygen atoms in total. The first kappa shape index (κ1) is 13.4. The van der Waals surface area contributed by atoms with Gasteiger partial charge in [0.25, 0.3) is 0 Å². The third-order valence-electron chi connectivity index (χ3n) is 3.33. The standard InChI is InChI=1S/C14H18N2O3/c1-4-10-13(17)16(5-2)12-8-9(14(18)19-3)6-7-11(12)15-10/h6-8,10,15H,4-5H2,1-3H3. The van der Waals surface area contributed by atoms with Gasteiger partial charge in [-0.25, -0.2) is 4.79 Å². The lowest BCUT2D eigenvalue weighted by molar-refractivity contribution is -0.119. The van der Waals surface area contributed by atoms with Crippen molar-refractivity contribution in [1.82, 2.24) is 0 Å². The van der Waals surface area contributed by atoms with Crippen LogP contribution in [0.2, 0.25) is 0 Å². The zero-order valence-electron chi connectivity index (χ0n) is 11.4. The number of anilines is 2. The highest BCUT2D eigenvalue weighted by atomic mass is 16.5. The molecular weight excluding hydrogens is 244 g/mol. The summed E-state index contributed by atoms with van der Waals surface area (Å²) in [6.07, 6.45) is 0.730. The number of nitrogens with zero attached hydrogens (tertiary/aromatic N) is 1. The summed E-state index contributed by atoms with van der Waals surface area (Å²) in [6.45, 7) is 4.47. The molecule has 1 N–H and O–H groups in total. The molecule has 0 saturated heterocycles. The molecule has 19 heavy (non-hydrogen) atoms. The Hall–Kier alpha value is -2.04. The van der Waals surface area contributed by atoms with E-state index in [1.54, 1.807) is 17.0 Å². The number of benzene rings is 1. The van der Waals surface area contributed by atoms with Crippen molar-refractivity contribution in [3.05, 3.63) is 23.8 Å². The van der Waals surface area contributed by atoms with E-state index in [1.807, 2.05) is 19.9 Å². The Kier molecular flexibility index (Phi) is 3.74. The van der Waals surface area contributed by atoms with Gasteiger partial charge in [0.2, 0.25) is 5.91 Å². The molecule has 0 radical (unpaired) electrons. The van der Waals surface area contributed by atoms with E-state index in [0.717, 1.165) is 17.8 Å². The first-order valence-electron chi connectivity index (χ1n) is 6.42. The number of carbonyl (C=O) groups excluding carboxylic acids is 2. The highest BCUT2D eigenvalue weighted by molar-refractivity contribution is 6.06. The number of hydrogen-bond acceptors (Lipinski definition) is 4. The number of nitrogens with one attached hydrogen (secondary N) is 1. The van der Waals surface area contributed by atoms with Gasteiger partial charge in [-0.15, -0.1) is 0 Å². The summed E-state index contributed by atoms with van der Waals surface area (Å²) in [7, 11) is 1.34. The van der Waals surface area contributed by atoms with Crippen LogP contribution in [0.4, 0.5) is 11.4 Å². The second-order valence-electron chi connectivity index (χ2n) is 4.41. The Morgan fingerprint density at radius 2 is 2.16 bits per heavy atom. The van der Waals surface area contributed by atoms with Crippen molar-refractivity contribution in [1.29, 1.82) is 0 Å². The number of rotatable bonds is 3. The van der Waals surface area contributed by atoms with Crippen molar-refractivity contribution in [2.45, 2.75) is 26.3 Å². The van der Waals surface area contributed by atoms with Crippen molar-refractivity contribution in [2.75, 3.05) is 23.9 Å². The van der Waals surface area contributed by atoms with Crippen LogP contribution in [0.3, 0.4) is 0 Å². The molecule has 1 heterocycles. The van der Waals surface area contributed by atoms with E-state index in [1.165, 1.54) is 7.11 Å². The fraction of sp³-hybridized carbons (Fsp3) is 0.429. The molecule has 5 heteroatoms. The van der Waals surface area contributed by atoms with E-state index in [2.05, 4.69) is 5.32 Å². The molecule has 0 saturated carbocycles. The molecule has 1 aliphatic heterocycles. The van der Waals surface area contributed by atoms with Crippen LogP contribution in [0, 0.1) is 0 Å². The van der Waals surface area contributed by atoms with Gasteiger partial charge < -0.3 is 15.0 Å². The van der Waals surface area contributed by atoms with E-state index in [4.69, 9.17) is 4.74 Å². The zero-order valence-corrected chi connectivity index (χ0v) is 11.4. The third-order valence-corrected chi connectivity index (χ3v) is 3.33. The van der Waals surface area contributed by atoms with Crippen LogP contribution in [0.25, 0.3) is 0 Å². The molecule has 1 amide bonds. The lowest BCUT2D eigenvalue weighted by atomic mass is 10.0. The van der Waals surface area contributed by atoms with Gasteiger partial charge in [-0.1, -0.05) is 6.92 Å². The number of fused-ring (bicyclic) bond motifs is 1. The fourth-order valence-corrected chi connectivity index (χ4v) is 2.28. The maximum absolute atomic E-state index is 12.2. The Morgan fingerprint density at radius 1 is 1.42 bits per heavy atom. The average molecular weight is 262 g/mol. The van der Waals surface area contributed by atoms with Crippen LogP contribution < -0.4 is 10.2 Å². The minimum absolute atomic E-state index is 0.0412. The van der Waals surface area contributed by atoms with Gasteiger partial charge in [-0.3, -0.25) is 4.79 Å². The number of esters is 1. The van der Waals surface area contributed by atoms with Crippen molar-refractivity contribution in [3.63, 3.8) is 0 Å². The van der Waals surface area contributed by atoms with Gasteiger partial charge in [0, 0.05) is 6.54 Å². The van der Waals surface area contributed by atoms with Crippen molar-refractivity contribution >= 4 is 23.3 Å². The van der Waals surface area contributed by atoms with Crippen LogP contribution in [0.1, 0.15) is 30.6 Å². The van der Waals surface area contributed by atoms with Gasteiger partial charge in [-0.05, 0) is 31.5 Å². The second kappa shape index (κ2) is 5.30. The number of likely N-dealkylation sites (N-methyl/N-ethyl adjacent to an activating group) is 1. The van der Waals surface area contributed by atoms with E-state index < -0.39 is 5.97 Å². The third kappa shape index (κ3) is 2.28. The fourth-order valence-electron chi connectivity index (χ4n) is 2.28. The van der Waals surface area contributed by atoms with Gasteiger partial charge >= 0.3 is 5.97 Å². The molecule has 1 aromatic rings. The number of ether oxygens (including phenoxy) is 1. The van der Waals surface area contributed by atoms with Gasteiger partial charge in [-0.2, -0.15) is 0 Å². The average Bonchev–Trinajstić information content (AvgIpc) is 2.45. The molecule has 0 aliphatic carbocycles. The molecule has 2 rings (SSSR count). The first-order chi connectivity index (χ1) is 9.12. The molecule has 0 aromatic heterocycles. The zero-order chi connectivity index (χ0) is 14.0. The summed E-state index contributed by atoms with van der Waals surface area (Å²) < 4.78 is 4.70. The molecule has 1 aromatic carbocycles. The summed E-state index contributed by atoms with van der Waals surface area (Å²) in [5, 5.41) is 3.20. The van der Waals surface area contributed by atoms with Crippen LogP contribution in [-0.4, -0.2) is 31.6 Å². The van der Waals surface area contributed by atoms with E-state index >= 15 is 0 Å². The maximum atomic E-state index is 12.2. The summed E-state index contributed by atoms with van der Waals surface area (Å²) >= 11 is 0. The van der Waals surface area contributed by atoms with Crippen LogP contribution in [-0.2, 0) is 9.53 Å². The highest BCUT2D eigenvalue weighted by Gasteiger charge is 2.30. The Morgan fingerprint density at radius 3 is 2.74 bits per heavy atom. The van der Waals surface area contributed by atoms with E-state index in [0.29, 0.717) is 12.1 Å². The molecule has 0 bridgehead atoms. The van der Waals surface area contributed by atoms with Crippen molar-refractivity contribution in [2.24, 2.45) is 0 Å². The van der Waals surface area contributed by atoms with Crippen LogP contribution in [0.5, 0.6) is 0 Å². The molecular formula is C14H18N2O3. The van der Waals surface area contributed by atoms with Crippen molar-refractivity contribution in [3.8, 4) is 0 Å². The smallest absolute Gasteiger partial charge is 0.337 e. The first-order valence-corrected chi connectivity index (χ1v) is 6.42. The summed E-state index contributed by atoms with van der Waals surface area (Å²) in [5.74, 6) is -0.358. The minimum Gasteiger partial charge on any atom is -0.465 e. The number of methoxy groups -OCH3 is 1. The van der Waals surface area contributed by atoms with Crippen molar-refractivity contribution < 1.29 is 14.3 Å². The van der Waals surface area contributed by atoms with Gasteiger partial charge in [0.1, 0.15) is 6.04 Å². The molecule has 1 atom stereocenters. The Bertz CT molecular complexity index is 513. The van der Waals surface area contributed by atoms with Gasteiger partial charge in [0.15, 0.2) is 0 Å². The molecule has 1 unspecified atom stereocenters. The van der Waals surface area contributed by atoms with Crippen LogP contribution >= 0.6 is 0 Å². The molecule has 102 valence electrons. The summed E-state index contributed by atoms with van der Waals surface area (Å²) in [4.78, 5) is 25.5.